The Morgan fingerprint density at radius 1 is 1.45 bits per heavy atom. The van der Waals surface area contributed by atoms with Crippen LogP contribution in [0.25, 0.3) is 0 Å². The Labute approximate surface area is 122 Å². The topological polar surface area (TPSA) is 50.8 Å². The van der Waals surface area contributed by atoms with Crippen LogP contribution in [0.15, 0.2) is 0 Å². The number of esters is 1. The largest absolute Gasteiger partial charge is 0.465 e. The number of nitrogens with zero attached hydrogens (tertiary/aromatic N) is 1. The maximum atomic E-state index is 12.2. The number of hydrogen-bond acceptors (Lipinski definition) is 5. The van der Waals surface area contributed by atoms with E-state index in [9.17, 15) is 4.79 Å². The maximum absolute atomic E-state index is 12.2. The lowest BCUT2D eigenvalue weighted by Crippen LogP contribution is -2.62. The van der Waals surface area contributed by atoms with Crippen molar-refractivity contribution in [2.24, 2.45) is 0 Å². The van der Waals surface area contributed by atoms with Gasteiger partial charge in [-0.15, -0.1) is 0 Å². The molecule has 1 N–H and O–H groups in total. The molecule has 5 heteroatoms. The molecule has 1 heterocycles. The Morgan fingerprint density at radius 2 is 2.20 bits per heavy atom. The Balaban J connectivity index is 2.03. The van der Waals surface area contributed by atoms with E-state index in [0.29, 0.717) is 25.3 Å². The number of carbonyl (C=O) groups is 1. The SMILES string of the molecule is CCOC(=O)C(C)(CN1CCOC2CCCCC21)NC. The molecule has 20 heavy (non-hydrogen) atoms. The average molecular weight is 284 g/mol. The van der Waals surface area contributed by atoms with E-state index >= 15 is 0 Å². The standard InChI is InChI=1S/C15H28N2O3/c1-4-19-14(18)15(2,16-3)11-17-9-10-20-13-8-6-5-7-12(13)17/h12-13,16H,4-11H2,1-3H3. The first-order chi connectivity index (χ1) is 9.60. The highest BCUT2D eigenvalue weighted by Gasteiger charge is 2.41. The third-order valence-corrected chi connectivity index (χ3v) is 4.64. The molecule has 1 saturated carbocycles. The van der Waals surface area contributed by atoms with Gasteiger partial charge in [0.1, 0.15) is 5.54 Å². The zero-order valence-electron chi connectivity index (χ0n) is 13.0. The van der Waals surface area contributed by atoms with Gasteiger partial charge < -0.3 is 14.8 Å². The number of nitrogens with one attached hydrogen (secondary N) is 1. The van der Waals surface area contributed by atoms with E-state index in [2.05, 4.69) is 10.2 Å². The van der Waals surface area contributed by atoms with E-state index in [1.165, 1.54) is 19.3 Å². The molecule has 1 saturated heterocycles. The molecule has 0 bridgehead atoms. The van der Waals surface area contributed by atoms with Crippen LogP contribution in [0.2, 0.25) is 0 Å². The number of ether oxygens (including phenoxy) is 2. The normalized spacial score (nSPS) is 30.4. The van der Waals surface area contributed by atoms with Crippen molar-refractivity contribution >= 4 is 5.97 Å². The van der Waals surface area contributed by atoms with Gasteiger partial charge in [0.25, 0.3) is 0 Å². The van der Waals surface area contributed by atoms with Crippen LogP contribution in [0.1, 0.15) is 39.5 Å². The second-order valence-electron chi connectivity index (χ2n) is 6.03. The first kappa shape index (κ1) is 15.7. The van der Waals surface area contributed by atoms with E-state index in [1.54, 1.807) is 0 Å². The van der Waals surface area contributed by atoms with Gasteiger partial charge in [-0.25, -0.2) is 0 Å². The number of likely N-dealkylation sites (N-methyl/N-ethyl adjacent to an activating group) is 1. The molecule has 0 aromatic carbocycles. The molecule has 0 amide bonds. The van der Waals surface area contributed by atoms with Gasteiger partial charge in [-0.3, -0.25) is 9.69 Å². The fourth-order valence-corrected chi connectivity index (χ4v) is 3.32. The van der Waals surface area contributed by atoms with Crippen molar-refractivity contribution in [3.8, 4) is 0 Å². The van der Waals surface area contributed by atoms with Crippen LogP contribution in [0, 0.1) is 0 Å². The molecular weight excluding hydrogens is 256 g/mol. The second-order valence-corrected chi connectivity index (χ2v) is 6.03. The molecule has 0 radical (unpaired) electrons. The minimum absolute atomic E-state index is 0.165. The smallest absolute Gasteiger partial charge is 0.327 e. The molecule has 2 rings (SSSR count). The second kappa shape index (κ2) is 6.87. The predicted molar refractivity (Wildman–Crippen MR) is 77.7 cm³/mol. The summed E-state index contributed by atoms with van der Waals surface area (Å²) in [7, 11) is 1.83. The summed E-state index contributed by atoms with van der Waals surface area (Å²) < 4.78 is 11.1. The summed E-state index contributed by atoms with van der Waals surface area (Å²) in [6.07, 6.45) is 5.19. The molecule has 3 unspecified atom stereocenters. The van der Waals surface area contributed by atoms with Crippen molar-refractivity contribution in [2.45, 2.75) is 57.2 Å². The van der Waals surface area contributed by atoms with E-state index in [1.807, 2.05) is 20.9 Å². The van der Waals surface area contributed by atoms with Crippen LogP contribution >= 0.6 is 0 Å². The number of hydrogen-bond donors (Lipinski definition) is 1. The fraction of sp³-hybridized carbons (Fsp3) is 0.933. The lowest BCUT2D eigenvalue weighted by molar-refractivity contribution is -0.154. The molecule has 3 atom stereocenters. The van der Waals surface area contributed by atoms with Crippen LogP contribution < -0.4 is 5.32 Å². The molecule has 0 aromatic rings. The lowest BCUT2D eigenvalue weighted by Gasteiger charge is -2.46. The molecule has 0 aromatic heterocycles. The van der Waals surface area contributed by atoms with Gasteiger partial charge in [-0.1, -0.05) is 12.8 Å². The summed E-state index contributed by atoms with van der Waals surface area (Å²) in [5.74, 6) is -0.165. The van der Waals surface area contributed by atoms with Crippen molar-refractivity contribution in [3.05, 3.63) is 0 Å². The van der Waals surface area contributed by atoms with E-state index < -0.39 is 5.54 Å². The number of morpholine rings is 1. The molecule has 5 nitrogen and oxygen atoms in total. The Morgan fingerprint density at radius 3 is 2.90 bits per heavy atom. The maximum Gasteiger partial charge on any atom is 0.327 e. The molecule has 0 spiro atoms. The van der Waals surface area contributed by atoms with Crippen LogP contribution in [0.5, 0.6) is 0 Å². The van der Waals surface area contributed by atoms with Gasteiger partial charge in [0, 0.05) is 19.1 Å². The lowest BCUT2D eigenvalue weighted by atomic mass is 9.88. The zero-order chi connectivity index (χ0) is 14.6. The summed E-state index contributed by atoms with van der Waals surface area (Å²) >= 11 is 0. The fourth-order valence-electron chi connectivity index (χ4n) is 3.32. The molecular formula is C15H28N2O3. The minimum atomic E-state index is -0.644. The minimum Gasteiger partial charge on any atom is -0.465 e. The van der Waals surface area contributed by atoms with Gasteiger partial charge in [0.15, 0.2) is 0 Å². The average Bonchev–Trinajstić information content (AvgIpc) is 2.48. The van der Waals surface area contributed by atoms with Crippen LogP contribution in [0.4, 0.5) is 0 Å². The molecule has 2 aliphatic rings. The zero-order valence-corrected chi connectivity index (χ0v) is 13.0. The van der Waals surface area contributed by atoms with E-state index in [4.69, 9.17) is 9.47 Å². The van der Waals surface area contributed by atoms with Crippen molar-refractivity contribution in [1.29, 1.82) is 0 Å². The highest BCUT2D eigenvalue weighted by Crippen LogP contribution is 2.29. The van der Waals surface area contributed by atoms with Crippen molar-refractivity contribution in [1.82, 2.24) is 10.2 Å². The van der Waals surface area contributed by atoms with Crippen LogP contribution in [0.3, 0.4) is 0 Å². The van der Waals surface area contributed by atoms with Crippen molar-refractivity contribution in [3.63, 3.8) is 0 Å². The van der Waals surface area contributed by atoms with E-state index in [0.717, 1.165) is 19.6 Å². The molecule has 2 fully saturated rings. The van der Waals surface area contributed by atoms with Crippen molar-refractivity contribution in [2.75, 3.05) is 33.4 Å². The molecule has 1 aliphatic carbocycles. The summed E-state index contributed by atoms with van der Waals surface area (Å²) in [6.45, 7) is 6.55. The number of carbonyl (C=O) groups excluding carboxylic acids is 1. The summed E-state index contributed by atoms with van der Waals surface area (Å²) in [4.78, 5) is 14.6. The van der Waals surface area contributed by atoms with Crippen molar-refractivity contribution < 1.29 is 14.3 Å². The molecule has 1 aliphatic heterocycles. The third-order valence-electron chi connectivity index (χ3n) is 4.64. The summed E-state index contributed by atoms with van der Waals surface area (Å²) in [5, 5.41) is 3.15. The molecule has 116 valence electrons. The summed E-state index contributed by atoms with van der Waals surface area (Å²) in [5.41, 5.74) is -0.644. The summed E-state index contributed by atoms with van der Waals surface area (Å²) in [6, 6.07) is 0.458. The number of rotatable bonds is 5. The monoisotopic (exact) mass is 284 g/mol. The number of fused-ring (bicyclic) bond motifs is 1. The first-order valence-corrected chi connectivity index (χ1v) is 7.82. The van der Waals surface area contributed by atoms with Crippen LogP contribution in [-0.2, 0) is 14.3 Å². The van der Waals surface area contributed by atoms with Gasteiger partial charge in [0.05, 0.1) is 19.3 Å². The van der Waals surface area contributed by atoms with Gasteiger partial charge in [0.2, 0.25) is 0 Å². The van der Waals surface area contributed by atoms with Gasteiger partial charge in [-0.05, 0) is 33.7 Å². The Hall–Kier alpha value is -0.650. The third kappa shape index (κ3) is 3.32. The highest BCUT2D eigenvalue weighted by atomic mass is 16.5. The van der Waals surface area contributed by atoms with E-state index in [-0.39, 0.29) is 5.97 Å². The highest BCUT2D eigenvalue weighted by molar-refractivity contribution is 5.80. The van der Waals surface area contributed by atoms with Gasteiger partial charge >= 0.3 is 5.97 Å². The quantitative estimate of drug-likeness (QED) is 0.768. The Kier molecular flexibility index (Phi) is 5.41. The van der Waals surface area contributed by atoms with Crippen LogP contribution in [-0.4, -0.2) is 61.9 Å². The Bertz CT molecular complexity index is 335. The van der Waals surface area contributed by atoms with Gasteiger partial charge in [-0.2, -0.15) is 0 Å². The predicted octanol–water partition coefficient (Wildman–Crippen LogP) is 1.17. The first-order valence-electron chi connectivity index (χ1n) is 7.82.